The van der Waals surface area contributed by atoms with E-state index in [1.807, 2.05) is 28.7 Å². The molecule has 0 amide bonds. The maximum absolute atomic E-state index is 11.5. The van der Waals surface area contributed by atoms with E-state index in [0.717, 1.165) is 26.0 Å². The summed E-state index contributed by atoms with van der Waals surface area (Å²) in [6.45, 7) is 0. The molecule has 0 radical (unpaired) electrons. The van der Waals surface area contributed by atoms with E-state index < -0.39 is 7.60 Å². The molecule has 34 heavy (non-hydrogen) atoms. The van der Waals surface area contributed by atoms with Gasteiger partial charge in [0.1, 0.15) is 4.62 Å². The summed E-state index contributed by atoms with van der Waals surface area (Å²) in [5, 5.41) is 2.11. The normalized spacial score (nSPS) is 11.9. The van der Waals surface area contributed by atoms with Crippen LogP contribution >= 0.6 is 75.6 Å². The summed E-state index contributed by atoms with van der Waals surface area (Å²) in [5.41, 5.74) is 0. The van der Waals surface area contributed by atoms with Gasteiger partial charge in [-0.25, -0.2) is 0 Å². The average Bonchev–Trinajstić information content (AvgIpc) is 3.67. The number of hydrogen-bond acceptors (Lipinski definition) is 7. The van der Waals surface area contributed by atoms with E-state index in [9.17, 15) is 14.4 Å². The molecule has 0 atom stereocenters. The quantitative estimate of drug-likeness (QED) is 0.195. The molecule has 10 heteroatoms. The van der Waals surface area contributed by atoms with Gasteiger partial charge in [0.25, 0.3) is 0 Å². The van der Waals surface area contributed by atoms with Crippen LogP contribution in [0.3, 0.4) is 0 Å². The lowest BCUT2D eigenvalue weighted by atomic mass is 10.3. The van der Waals surface area contributed by atoms with Crippen molar-refractivity contribution in [2.45, 2.75) is 0 Å². The van der Waals surface area contributed by atoms with E-state index in [4.69, 9.17) is 0 Å². The Morgan fingerprint density at radius 2 is 0.824 bits per heavy atom. The molecule has 0 aliphatic carbocycles. The predicted molar refractivity (Wildman–Crippen MR) is 153 cm³/mol. The fourth-order valence-electron chi connectivity index (χ4n) is 3.45. The maximum atomic E-state index is 11.5. The lowest BCUT2D eigenvalue weighted by Crippen LogP contribution is -1.94. The molecule has 0 spiro atoms. The van der Waals surface area contributed by atoms with E-state index >= 15 is 0 Å². The van der Waals surface area contributed by atoms with Gasteiger partial charge in [0.05, 0.1) is 0 Å². The van der Waals surface area contributed by atoms with Gasteiger partial charge in [0.15, 0.2) is 0 Å². The van der Waals surface area contributed by atoms with Crippen LogP contribution in [0.25, 0.3) is 48.8 Å². The number of rotatable bonds is 6. The van der Waals surface area contributed by atoms with Gasteiger partial charge < -0.3 is 9.79 Å². The summed E-state index contributed by atoms with van der Waals surface area (Å²) in [6.07, 6.45) is 0. The Balaban J connectivity index is 1.23. The lowest BCUT2D eigenvalue weighted by molar-refractivity contribution is 0.388. The Morgan fingerprint density at radius 1 is 0.471 bits per heavy atom. The molecule has 0 unspecified atom stereocenters. The first-order valence-electron chi connectivity index (χ1n) is 10.0. The molecule has 6 rings (SSSR count). The van der Waals surface area contributed by atoms with Gasteiger partial charge in [0.2, 0.25) is 0 Å². The Labute approximate surface area is 220 Å². The molecule has 0 fully saturated rings. The zero-order valence-electron chi connectivity index (χ0n) is 17.2. The van der Waals surface area contributed by atoms with Gasteiger partial charge in [-0.3, -0.25) is 4.57 Å². The summed E-state index contributed by atoms with van der Waals surface area (Å²) < 4.78 is 11.6. The predicted octanol–water partition coefficient (Wildman–Crippen LogP) is 9.19. The molecule has 2 N–H and O–H groups in total. The standard InChI is InChI=1S/C24H15O3PS6/c25-28(26,27)24-12-11-23(34-24)22-10-9-21(33-22)20-8-7-19(32-20)18-6-5-17(31-18)16-4-3-15(30-16)14-2-1-13-29-14/h1-13H,(H2,25,26,27). The van der Waals surface area contributed by atoms with Crippen LogP contribution in [0.15, 0.2) is 78.2 Å². The van der Waals surface area contributed by atoms with E-state index in [1.54, 1.807) is 40.1 Å². The number of thiophene rings is 6. The summed E-state index contributed by atoms with van der Waals surface area (Å²) in [4.78, 5) is 30.8. The summed E-state index contributed by atoms with van der Waals surface area (Å²) >= 11 is 10.0. The average molecular weight is 575 g/mol. The Kier molecular flexibility index (Phi) is 6.10. The largest absolute Gasteiger partial charge is 0.366 e. The molecule has 0 aliphatic rings. The first kappa shape index (κ1) is 22.8. The van der Waals surface area contributed by atoms with E-state index in [-0.39, 0.29) is 4.62 Å². The Bertz CT molecular complexity index is 1620. The molecule has 6 aromatic heterocycles. The molecule has 3 nitrogen and oxygen atoms in total. The maximum Gasteiger partial charge on any atom is 0.366 e. The van der Waals surface area contributed by atoms with Crippen LogP contribution < -0.4 is 4.62 Å². The Hall–Kier alpha value is -1.65. The van der Waals surface area contributed by atoms with Gasteiger partial charge in [-0.05, 0) is 72.1 Å². The highest BCUT2D eigenvalue weighted by atomic mass is 32.1. The third-order valence-corrected chi connectivity index (χ3v) is 13.8. The highest BCUT2D eigenvalue weighted by Crippen LogP contribution is 2.46. The molecule has 0 saturated heterocycles. The zero-order chi connectivity index (χ0) is 23.3. The highest BCUT2D eigenvalue weighted by Gasteiger charge is 2.20. The van der Waals surface area contributed by atoms with Crippen LogP contribution in [0.1, 0.15) is 0 Å². The number of hydrogen-bond donors (Lipinski definition) is 2. The van der Waals surface area contributed by atoms with Crippen molar-refractivity contribution in [3.05, 3.63) is 78.2 Å². The van der Waals surface area contributed by atoms with Crippen molar-refractivity contribution in [2.24, 2.45) is 0 Å². The third-order valence-electron chi connectivity index (χ3n) is 5.04. The molecule has 170 valence electrons. The van der Waals surface area contributed by atoms with Crippen LogP contribution in [0.2, 0.25) is 0 Å². The summed E-state index contributed by atoms with van der Waals surface area (Å²) in [6, 6.07) is 24.9. The topological polar surface area (TPSA) is 57.5 Å². The molecule has 0 aromatic carbocycles. The second kappa shape index (κ2) is 9.09. The molecule has 0 bridgehead atoms. The van der Waals surface area contributed by atoms with Crippen LogP contribution in [0.4, 0.5) is 0 Å². The first-order valence-corrected chi connectivity index (χ1v) is 16.6. The second-order valence-electron chi connectivity index (χ2n) is 7.31. The molecule has 0 saturated carbocycles. The van der Waals surface area contributed by atoms with Gasteiger partial charge in [-0.15, -0.1) is 68.0 Å². The second-order valence-corrected chi connectivity index (χ2v) is 15.6. The molecule has 0 aliphatic heterocycles. The van der Waals surface area contributed by atoms with Gasteiger partial charge in [-0.1, -0.05) is 6.07 Å². The molecule has 6 aromatic rings. The van der Waals surface area contributed by atoms with Gasteiger partial charge in [-0.2, -0.15) is 0 Å². The fourth-order valence-corrected chi connectivity index (χ4v) is 10.5. The smallest absolute Gasteiger partial charge is 0.320 e. The Morgan fingerprint density at radius 3 is 1.15 bits per heavy atom. The van der Waals surface area contributed by atoms with Crippen LogP contribution in [0, 0.1) is 0 Å². The van der Waals surface area contributed by atoms with Crippen molar-refractivity contribution >= 4 is 80.2 Å². The van der Waals surface area contributed by atoms with Crippen molar-refractivity contribution in [2.75, 3.05) is 0 Å². The van der Waals surface area contributed by atoms with Crippen LogP contribution in [-0.4, -0.2) is 9.79 Å². The fraction of sp³-hybridized carbons (Fsp3) is 0. The zero-order valence-corrected chi connectivity index (χ0v) is 23.0. The minimum Gasteiger partial charge on any atom is -0.320 e. The van der Waals surface area contributed by atoms with Crippen molar-refractivity contribution in [1.29, 1.82) is 0 Å². The van der Waals surface area contributed by atoms with Crippen molar-refractivity contribution in [1.82, 2.24) is 0 Å². The van der Waals surface area contributed by atoms with Crippen molar-refractivity contribution in [3.63, 3.8) is 0 Å². The van der Waals surface area contributed by atoms with Crippen LogP contribution in [0.5, 0.6) is 0 Å². The first-order chi connectivity index (χ1) is 16.4. The molecular weight excluding hydrogens is 560 g/mol. The molecular formula is C24H15O3PS6. The van der Waals surface area contributed by atoms with E-state index in [0.29, 0.717) is 0 Å². The summed E-state index contributed by atoms with van der Waals surface area (Å²) in [5.74, 6) is 0. The van der Waals surface area contributed by atoms with Crippen molar-refractivity contribution < 1.29 is 14.4 Å². The summed E-state index contributed by atoms with van der Waals surface area (Å²) in [7, 11) is -4.20. The SMILES string of the molecule is O=P(O)(O)c1ccc(-c2ccc(-c3ccc(-c4ccc(-c5ccc(-c6cccs6)s5)s4)s3)s2)s1. The van der Waals surface area contributed by atoms with Gasteiger partial charge in [0, 0.05) is 48.8 Å². The van der Waals surface area contributed by atoms with Crippen LogP contribution in [-0.2, 0) is 4.57 Å². The molecule has 6 heterocycles. The van der Waals surface area contributed by atoms with E-state index in [2.05, 4.69) is 60.0 Å². The lowest BCUT2D eigenvalue weighted by Gasteiger charge is -1.97. The van der Waals surface area contributed by atoms with E-state index in [1.165, 1.54) is 40.2 Å². The minimum absolute atomic E-state index is 0.109. The van der Waals surface area contributed by atoms with Gasteiger partial charge >= 0.3 is 7.60 Å². The minimum atomic E-state index is -4.20. The van der Waals surface area contributed by atoms with Crippen molar-refractivity contribution in [3.8, 4) is 48.8 Å². The third kappa shape index (κ3) is 4.48. The monoisotopic (exact) mass is 574 g/mol. The highest BCUT2D eigenvalue weighted by molar-refractivity contribution is 7.67.